The van der Waals surface area contributed by atoms with Gasteiger partial charge >= 0.3 is 0 Å². The second-order valence-corrected chi connectivity index (χ2v) is 4.92. The van der Waals surface area contributed by atoms with E-state index in [4.69, 9.17) is 5.73 Å². The van der Waals surface area contributed by atoms with Crippen LogP contribution in [-0.2, 0) is 6.42 Å². The standard InChI is InChI=1S/C15H20N4O/c1-4-6-12-13(16)14(18-17-12)15(20)19(3)11-8-5-7-10(2)9-11/h5,7-9H,4,6,16H2,1-3H3,(H,17,18). The van der Waals surface area contributed by atoms with Crippen molar-refractivity contribution in [3.8, 4) is 0 Å². The zero-order chi connectivity index (χ0) is 14.7. The van der Waals surface area contributed by atoms with Gasteiger partial charge in [-0.15, -0.1) is 0 Å². The summed E-state index contributed by atoms with van der Waals surface area (Å²) in [5, 5.41) is 6.91. The van der Waals surface area contributed by atoms with E-state index < -0.39 is 0 Å². The fraction of sp³-hybridized carbons (Fsp3) is 0.333. The molecule has 5 nitrogen and oxygen atoms in total. The highest BCUT2D eigenvalue weighted by Crippen LogP contribution is 2.21. The summed E-state index contributed by atoms with van der Waals surface area (Å²) >= 11 is 0. The number of nitrogen functional groups attached to an aromatic ring is 1. The van der Waals surface area contributed by atoms with E-state index in [9.17, 15) is 4.79 Å². The molecule has 106 valence electrons. The highest BCUT2D eigenvalue weighted by molar-refractivity contribution is 6.07. The van der Waals surface area contributed by atoms with Gasteiger partial charge in [-0.25, -0.2) is 0 Å². The van der Waals surface area contributed by atoms with Gasteiger partial charge in [0.1, 0.15) is 0 Å². The van der Waals surface area contributed by atoms with E-state index in [2.05, 4.69) is 17.1 Å². The molecule has 0 saturated carbocycles. The van der Waals surface area contributed by atoms with E-state index in [1.54, 1.807) is 11.9 Å². The quantitative estimate of drug-likeness (QED) is 0.898. The Balaban J connectivity index is 2.27. The largest absolute Gasteiger partial charge is 0.395 e. The number of hydrogen-bond donors (Lipinski definition) is 2. The number of aromatic amines is 1. The predicted molar refractivity (Wildman–Crippen MR) is 80.9 cm³/mol. The average molecular weight is 272 g/mol. The summed E-state index contributed by atoms with van der Waals surface area (Å²) in [5.74, 6) is -0.202. The minimum atomic E-state index is -0.202. The number of nitrogens with zero attached hydrogens (tertiary/aromatic N) is 2. The maximum atomic E-state index is 12.5. The molecule has 20 heavy (non-hydrogen) atoms. The summed E-state index contributed by atoms with van der Waals surface area (Å²) < 4.78 is 0. The summed E-state index contributed by atoms with van der Waals surface area (Å²) in [7, 11) is 1.73. The summed E-state index contributed by atoms with van der Waals surface area (Å²) in [5.41, 5.74) is 9.50. The van der Waals surface area contributed by atoms with Gasteiger partial charge in [-0.1, -0.05) is 25.5 Å². The van der Waals surface area contributed by atoms with Crippen LogP contribution in [0.4, 0.5) is 11.4 Å². The molecule has 1 amide bonds. The molecule has 2 rings (SSSR count). The third-order valence-corrected chi connectivity index (χ3v) is 3.28. The molecule has 1 heterocycles. The van der Waals surface area contributed by atoms with Gasteiger partial charge in [0.2, 0.25) is 0 Å². The second-order valence-electron chi connectivity index (χ2n) is 4.92. The van der Waals surface area contributed by atoms with E-state index in [-0.39, 0.29) is 11.6 Å². The molecular weight excluding hydrogens is 252 g/mol. The zero-order valence-electron chi connectivity index (χ0n) is 12.1. The van der Waals surface area contributed by atoms with E-state index in [0.717, 1.165) is 29.8 Å². The summed E-state index contributed by atoms with van der Waals surface area (Å²) in [4.78, 5) is 14.0. The van der Waals surface area contributed by atoms with Crippen LogP contribution in [0, 0.1) is 6.92 Å². The Kier molecular flexibility index (Phi) is 4.08. The van der Waals surface area contributed by atoms with Crippen LogP contribution in [0.15, 0.2) is 24.3 Å². The predicted octanol–water partition coefficient (Wildman–Crippen LogP) is 2.53. The van der Waals surface area contributed by atoms with Crippen molar-refractivity contribution >= 4 is 17.3 Å². The molecule has 0 unspecified atom stereocenters. The normalized spacial score (nSPS) is 10.6. The molecule has 0 saturated heterocycles. The lowest BCUT2D eigenvalue weighted by Crippen LogP contribution is -2.27. The van der Waals surface area contributed by atoms with Crippen LogP contribution in [0.1, 0.15) is 35.1 Å². The van der Waals surface area contributed by atoms with Crippen molar-refractivity contribution in [2.75, 3.05) is 17.7 Å². The maximum absolute atomic E-state index is 12.5. The molecule has 0 spiro atoms. The number of amides is 1. The number of carbonyl (C=O) groups excluding carboxylic acids is 1. The first kappa shape index (κ1) is 14.1. The van der Waals surface area contributed by atoms with Crippen LogP contribution >= 0.6 is 0 Å². The van der Waals surface area contributed by atoms with Crippen molar-refractivity contribution in [3.05, 3.63) is 41.2 Å². The van der Waals surface area contributed by atoms with E-state index in [1.165, 1.54) is 0 Å². The van der Waals surface area contributed by atoms with Crippen LogP contribution in [0.2, 0.25) is 0 Å². The fourth-order valence-electron chi connectivity index (χ4n) is 2.10. The van der Waals surface area contributed by atoms with Crippen molar-refractivity contribution in [3.63, 3.8) is 0 Å². The lowest BCUT2D eigenvalue weighted by molar-refractivity contribution is 0.0989. The van der Waals surface area contributed by atoms with Gasteiger partial charge in [0.05, 0.1) is 11.4 Å². The molecule has 1 aromatic heterocycles. The molecule has 5 heteroatoms. The number of rotatable bonds is 4. The SMILES string of the molecule is CCCc1[nH]nc(C(=O)N(C)c2cccc(C)c2)c1N. The minimum absolute atomic E-state index is 0.202. The molecule has 0 bridgehead atoms. The van der Waals surface area contributed by atoms with Crippen LogP contribution in [0.3, 0.4) is 0 Å². The topological polar surface area (TPSA) is 75.0 Å². The van der Waals surface area contributed by atoms with Crippen molar-refractivity contribution < 1.29 is 4.79 Å². The third-order valence-electron chi connectivity index (χ3n) is 3.28. The van der Waals surface area contributed by atoms with Crippen LogP contribution < -0.4 is 10.6 Å². The number of hydrogen-bond acceptors (Lipinski definition) is 3. The van der Waals surface area contributed by atoms with Crippen molar-refractivity contribution in [1.82, 2.24) is 10.2 Å². The van der Waals surface area contributed by atoms with Gasteiger partial charge in [0.15, 0.2) is 5.69 Å². The fourth-order valence-corrected chi connectivity index (χ4v) is 2.10. The molecule has 0 fully saturated rings. The molecule has 3 N–H and O–H groups in total. The number of aryl methyl sites for hydroxylation is 2. The molecule has 2 aromatic rings. The van der Waals surface area contributed by atoms with Crippen molar-refractivity contribution in [1.29, 1.82) is 0 Å². The first-order chi connectivity index (χ1) is 9.54. The lowest BCUT2D eigenvalue weighted by Gasteiger charge is -2.16. The minimum Gasteiger partial charge on any atom is -0.395 e. The number of anilines is 2. The molecule has 0 aliphatic rings. The Morgan fingerprint density at radius 2 is 2.20 bits per heavy atom. The monoisotopic (exact) mass is 272 g/mol. The number of aromatic nitrogens is 2. The highest BCUT2D eigenvalue weighted by Gasteiger charge is 2.21. The van der Waals surface area contributed by atoms with Crippen molar-refractivity contribution in [2.45, 2.75) is 26.7 Å². The highest BCUT2D eigenvalue weighted by atomic mass is 16.2. The Bertz CT molecular complexity index is 618. The van der Waals surface area contributed by atoms with E-state index in [1.807, 2.05) is 31.2 Å². The molecule has 0 radical (unpaired) electrons. The van der Waals surface area contributed by atoms with Gasteiger partial charge in [-0.2, -0.15) is 5.10 Å². The Morgan fingerprint density at radius 1 is 1.45 bits per heavy atom. The Morgan fingerprint density at radius 3 is 2.85 bits per heavy atom. The molecule has 1 aromatic carbocycles. The van der Waals surface area contributed by atoms with Crippen molar-refractivity contribution in [2.24, 2.45) is 0 Å². The zero-order valence-corrected chi connectivity index (χ0v) is 12.1. The Labute approximate surface area is 118 Å². The first-order valence-electron chi connectivity index (χ1n) is 6.72. The van der Waals surface area contributed by atoms with Gasteiger partial charge in [0.25, 0.3) is 5.91 Å². The van der Waals surface area contributed by atoms with Crippen LogP contribution in [0.5, 0.6) is 0 Å². The summed E-state index contributed by atoms with van der Waals surface area (Å²) in [6.45, 7) is 4.05. The first-order valence-corrected chi connectivity index (χ1v) is 6.72. The van der Waals surface area contributed by atoms with E-state index >= 15 is 0 Å². The number of H-pyrrole nitrogens is 1. The lowest BCUT2D eigenvalue weighted by atomic mass is 10.2. The third kappa shape index (κ3) is 2.66. The average Bonchev–Trinajstić information content (AvgIpc) is 2.79. The van der Waals surface area contributed by atoms with Crippen LogP contribution in [-0.4, -0.2) is 23.2 Å². The summed E-state index contributed by atoms with van der Waals surface area (Å²) in [6, 6.07) is 7.75. The second kappa shape index (κ2) is 5.77. The molecule has 0 aliphatic carbocycles. The van der Waals surface area contributed by atoms with Gasteiger partial charge in [-0.3, -0.25) is 9.89 Å². The molecule has 0 aliphatic heterocycles. The molecule has 0 atom stereocenters. The number of nitrogens with one attached hydrogen (secondary N) is 1. The van der Waals surface area contributed by atoms with Gasteiger partial charge in [0, 0.05) is 12.7 Å². The Hall–Kier alpha value is -2.30. The van der Waals surface area contributed by atoms with Crippen LogP contribution in [0.25, 0.3) is 0 Å². The van der Waals surface area contributed by atoms with Gasteiger partial charge in [-0.05, 0) is 31.0 Å². The van der Waals surface area contributed by atoms with E-state index in [0.29, 0.717) is 5.69 Å². The summed E-state index contributed by atoms with van der Waals surface area (Å²) in [6.07, 6.45) is 1.74. The number of benzene rings is 1. The number of nitrogens with two attached hydrogens (primary N) is 1. The maximum Gasteiger partial charge on any atom is 0.280 e. The number of carbonyl (C=O) groups is 1. The smallest absolute Gasteiger partial charge is 0.280 e. The van der Waals surface area contributed by atoms with Gasteiger partial charge < -0.3 is 10.6 Å². The molecular formula is C15H20N4O.